The van der Waals surface area contributed by atoms with Crippen LogP contribution >= 0.6 is 18.2 Å². The van der Waals surface area contributed by atoms with Crippen LogP contribution in [0.5, 0.6) is 0 Å². The molecule has 0 saturated carbocycles. The van der Waals surface area contributed by atoms with Crippen LogP contribution in [0.2, 0.25) is 0 Å². The van der Waals surface area contributed by atoms with E-state index in [0.717, 1.165) is 24.2 Å². The summed E-state index contributed by atoms with van der Waals surface area (Å²) >= 11 is 1.08. The number of nitrogens with zero attached hydrogens (tertiary/aromatic N) is 1. The maximum atomic E-state index is 12.7. The molecule has 0 aromatic carbocycles. The van der Waals surface area contributed by atoms with Crippen molar-refractivity contribution in [3.63, 3.8) is 0 Å². The lowest BCUT2D eigenvalue weighted by molar-refractivity contribution is -0.0945. The molecule has 0 aliphatic heterocycles. The Balaban J connectivity index is 4.58. The summed E-state index contributed by atoms with van der Waals surface area (Å²) in [6.45, 7) is 6.35. The van der Waals surface area contributed by atoms with E-state index in [0.29, 0.717) is 0 Å². The van der Waals surface area contributed by atoms with Crippen molar-refractivity contribution in [2.45, 2.75) is 59.2 Å². The monoisotopic (exact) mass is 313 g/mol. The van der Waals surface area contributed by atoms with Crippen LogP contribution in [0.3, 0.4) is 0 Å². The van der Waals surface area contributed by atoms with Gasteiger partial charge in [0.1, 0.15) is 5.94 Å². The minimum absolute atomic E-state index is 0.0926. The van der Waals surface area contributed by atoms with E-state index >= 15 is 0 Å². The fourth-order valence-electron chi connectivity index (χ4n) is 1.29. The molecule has 19 heavy (non-hydrogen) atoms. The van der Waals surface area contributed by atoms with Crippen LogP contribution in [0.4, 0.5) is 0 Å². The van der Waals surface area contributed by atoms with Crippen LogP contribution in [0.25, 0.3) is 0 Å². The molecule has 0 aromatic rings. The molecule has 0 aliphatic rings. The van der Waals surface area contributed by atoms with Gasteiger partial charge in [0.05, 0.1) is 11.7 Å². The fourth-order valence-corrected chi connectivity index (χ4v) is 5.03. The highest BCUT2D eigenvalue weighted by atomic mass is 32.7. The topological polar surface area (TPSA) is 48.0 Å². The van der Waals surface area contributed by atoms with E-state index in [1.165, 1.54) is 0 Å². The largest absolute Gasteiger partial charge is 0.392 e. The Kier molecular flexibility index (Phi) is 8.84. The van der Waals surface area contributed by atoms with Crippen LogP contribution in [0, 0.1) is 0 Å². The summed E-state index contributed by atoms with van der Waals surface area (Å²) in [4.78, 5) is 5.26. The van der Waals surface area contributed by atoms with Gasteiger partial charge in [-0.15, -0.1) is 0 Å². The summed E-state index contributed by atoms with van der Waals surface area (Å²) in [5.74, 6) is 0.235. The highest BCUT2D eigenvalue weighted by Crippen LogP contribution is 2.63. The Morgan fingerprint density at radius 3 is 2.32 bits per heavy atom. The number of hydrogen-bond donors (Lipinski definition) is 0. The predicted molar refractivity (Wildman–Crippen MR) is 81.1 cm³/mol. The second-order valence-electron chi connectivity index (χ2n) is 5.54. The zero-order valence-corrected chi connectivity index (χ0v) is 14.8. The van der Waals surface area contributed by atoms with Crippen LogP contribution in [-0.2, 0) is 18.5 Å². The zero-order chi connectivity index (χ0) is 15.1. The summed E-state index contributed by atoms with van der Waals surface area (Å²) in [6.07, 6.45) is 1.74. The Morgan fingerprint density at radius 2 is 1.89 bits per heavy atom. The van der Waals surface area contributed by atoms with Crippen molar-refractivity contribution < 1.29 is 18.5 Å². The highest BCUT2D eigenvalue weighted by molar-refractivity contribution is 8.55. The van der Waals surface area contributed by atoms with Crippen molar-refractivity contribution in [3.8, 4) is 0 Å². The Hall–Kier alpha value is 0.420. The zero-order valence-electron chi connectivity index (χ0n) is 13.1. The summed E-state index contributed by atoms with van der Waals surface area (Å²) < 4.78 is 24.0. The molecule has 0 N–H and O–H groups in total. The molecule has 2 atom stereocenters. The molecule has 0 aliphatic carbocycles. The fraction of sp³-hybridized carbons (Fsp3) is 1.00. The summed E-state index contributed by atoms with van der Waals surface area (Å²) in [5.41, 5.74) is -0.521. The standard InChI is InChI=1S/C12H28NO4PS/c1-8-9-11(2)16-18(14,17-12(3,4)5)19-10-15-13(6)7/h11H,8-10H2,1-7H3. The molecular weight excluding hydrogens is 285 g/mol. The van der Waals surface area contributed by atoms with Gasteiger partial charge in [-0.25, -0.2) is 4.57 Å². The normalized spacial score (nSPS) is 17.5. The summed E-state index contributed by atoms with van der Waals surface area (Å²) in [6, 6.07) is 0. The number of hydroxylamine groups is 2. The van der Waals surface area contributed by atoms with Gasteiger partial charge in [-0.3, -0.25) is 13.9 Å². The van der Waals surface area contributed by atoms with Gasteiger partial charge in [0.15, 0.2) is 0 Å². The van der Waals surface area contributed by atoms with E-state index in [-0.39, 0.29) is 12.0 Å². The lowest BCUT2D eigenvalue weighted by atomic mass is 10.2. The van der Waals surface area contributed by atoms with Crippen molar-refractivity contribution in [2.24, 2.45) is 0 Å². The quantitative estimate of drug-likeness (QED) is 0.359. The van der Waals surface area contributed by atoms with E-state index in [2.05, 4.69) is 6.92 Å². The highest BCUT2D eigenvalue weighted by Gasteiger charge is 2.33. The molecule has 0 bridgehead atoms. The average molecular weight is 313 g/mol. The molecule has 5 nitrogen and oxygen atoms in total. The van der Waals surface area contributed by atoms with Crippen molar-refractivity contribution in [1.29, 1.82) is 0 Å². The summed E-state index contributed by atoms with van der Waals surface area (Å²) in [7, 11) is 3.55. The van der Waals surface area contributed by atoms with Crippen LogP contribution in [-0.4, -0.2) is 36.8 Å². The van der Waals surface area contributed by atoms with Gasteiger partial charge in [-0.05, 0) is 45.5 Å². The van der Waals surface area contributed by atoms with Crippen LogP contribution in [0.15, 0.2) is 0 Å². The molecule has 0 spiro atoms. The van der Waals surface area contributed by atoms with E-state index in [1.54, 1.807) is 19.2 Å². The molecule has 0 radical (unpaired) electrons. The number of rotatable bonds is 9. The molecule has 0 heterocycles. The Morgan fingerprint density at radius 1 is 1.32 bits per heavy atom. The lowest BCUT2D eigenvalue weighted by Crippen LogP contribution is -2.19. The SMILES string of the molecule is CCCC(C)OP(=O)(OC(C)(C)C)SCON(C)C. The van der Waals surface area contributed by atoms with Gasteiger partial charge < -0.3 is 0 Å². The van der Waals surface area contributed by atoms with E-state index < -0.39 is 12.4 Å². The van der Waals surface area contributed by atoms with Gasteiger partial charge in [-0.1, -0.05) is 13.3 Å². The molecule has 116 valence electrons. The van der Waals surface area contributed by atoms with E-state index in [1.807, 2.05) is 27.7 Å². The maximum Gasteiger partial charge on any atom is 0.392 e. The van der Waals surface area contributed by atoms with Crippen molar-refractivity contribution in [3.05, 3.63) is 0 Å². The second-order valence-corrected chi connectivity index (χ2v) is 9.44. The van der Waals surface area contributed by atoms with Gasteiger partial charge in [-0.2, -0.15) is 5.06 Å². The van der Waals surface area contributed by atoms with Crippen molar-refractivity contribution >= 4 is 18.2 Å². The van der Waals surface area contributed by atoms with Crippen LogP contribution in [0.1, 0.15) is 47.5 Å². The molecule has 0 rings (SSSR count). The van der Waals surface area contributed by atoms with Crippen molar-refractivity contribution in [1.82, 2.24) is 5.06 Å². The average Bonchev–Trinajstić information content (AvgIpc) is 2.12. The molecule has 7 heteroatoms. The van der Waals surface area contributed by atoms with Gasteiger partial charge in [0, 0.05) is 14.1 Å². The van der Waals surface area contributed by atoms with Gasteiger partial charge in [0.2, 0.25) is 0 Å². The third-order valence-corrected chi connectivity index (χ3v) is 5.57. The molecule has 0 aromatic heterocycles. The first-order chi connectivity index (χ1) is 8.58. The van der Waals surface area contributed by atoms with E-state index in [9.17, 15) is 4.57 Å². The van der Waals surface area contributed by atoms with Gasteiger partial charge in [0.25, 0.3) is 0 Å². The summed E-state index contributed by atoms with van der Waals surface area (Å²) in [5, 5.41) is 1.56. The first kappa shape index (κ1) is 19.4. The molecule has 0 fully saturated rings. The lowest BCUT2D eigenvalue weighted by Gasteiger charge is -2.28. The smallest absolute Gasteiger partial charge is 0.298 e. The first-order valence-electron chi connectivity index (χ1n) is 6.52. The number of hydrogen-bond acceptors (Lipinski definition) is 6. The minimum Gasteiger partial charge on any atom is -0.298 e. The third-order valence-electron chi connectivity index (χ3n) is 1.91. The molecule has 0 amide bonds. The molecule has 2 unspecified atom stereocenters. The maximum absolute atomic E-state index is 12.7. The Bertz CT molecular complexity index is 294. The van der Waals surface area contributed by atoms with E-state index in [4.69, 9.17) is 13.9 Å². The minimum atomic E-state index is -3.22. The first-order valence-corrected chi connectivity index (χ1v) is 9.65. The van der Waals surface area contributed by atoms with Crippen LogP contribution < -0.4 is 0 Å². The predicted octanol–water partition coefficient (Wildman–Crippen LogP) is 4.30. The third kappa shape index (κ3) is 10.8. The molecule has 0 saturated heterocycles. The second kappa shape index (κ2) is 8.65. The van der Waals surface area contributed by atoms with Gasteiger partial charge >= 0.3 is 6.80 Å². The van der Waals surface area contributed by atoms with Crippen molar-refractivity contribution in [2.75, 3.05) is 20.0 Å². The Labute approximate surface area is 121 Å². The molecular formula is C12H28NO4PS.